The average Bonchev–Trinajstić information content (AvgIpc) is 2.70. The molecule has 0 radical (unpaired) electrons. The van der Waals surface area contributed by atoms with E-state index in [1.165, 1.54) is 0 Å². The van der Waals surface area contributed by atoms with Crippen LogP contribution in [0, 0.1) is 0 Å². The van der Waals surface area contributed by atoms with Crippen LogP contribution in [0.1, 0.15) is 20.8 Å². The summed E-state index contributed by atoms with van der Waals surface area (Å²) < 4.78 is 5.42. The molecule has 0 fully saturated rings. The predicted octanol–water partition coefficient (Wildman–Crippen LogP) is 3.28. The van der Waals surface area contributed by atoms with Crippen molar-refractivity contribution in [1.29, 1.82) is 0 Å². The average molecular weight is 292 g/mol. The molecule has 0 saturated heterocycles. The number of rotatable bonds is 5. The molecule has 1 N–H and O–H groups in total. The Hall–Kier alpha value is -1.62. The van der Waals surface area contributed by atoms with Crippen molar-refractivity contribution in [3.8, 4) is 5.75 Å². The molecule has 1 heterocycles. The maximum atomic E-state index is 11.6. The summed E-state index contributed by atoms with van der Waals surface area (Å²) in [5, 5.41) is 3.41. The van der Waals surface area contributed by atoms with Crippen LogP contribution in [0.15, 0.2) is 34.9 Å². The smallest absolute Gasteiger partial charge is 0.168 e. The quantitative estimate of drug-likeness (QED) is 0.902. The maximum Gasteiger partial charge on any atom is 0.168 e. The summed E-state index contributed by atoms with van der Waals surface area (Å²) in [6.07, 6.45) is 0. The Kier molecular flexibility index (Phi) is 4.60. The standard InChI is InChI=1S/C15H20N2O2S/c1-5-19-13-8-6-12(7-9-13)16-15-17(4)10(2)14(20-15)11(3)18/h6-9,15-16H,5H2,1-4H3. The highest BCUT2D eigenvalue weighted by Gasteiger charge is 2.29. The molecule has 0 spiro atoms. The third kappa shape index (κ3) is 3.10. The van der Waals surface area contributed by atoms with E-state index in [1.807, 2.05) is 45.2 Å². The van der Waals surface area contributed by atoms with Crippen molar-refractivity contribution in [2.24, 2.45) is 0 Å². The molecule has 5 heteroatoms. The van der Waals surface area contributed by atoms with Gasteiger partial charge in [-0.05, 0) is 45.0 Å². The summed E-state index contributed by atoms with van der Waals surface area (Å²) in [6, 6.07) is 7.86. The fourth-order valence-electron chi connectivity index (χ4n) is 2.03. The number of hydrogen-bond donors (Lipinski definition) is 1. The van der Waals surface area contributed by atoms with Crippen LogP contribution in [0.2, 0.25) is 0 Å². The first-order chi connectivity index (χ1) is 9.52. The lowest BCUT2D eigenvalue weighted by Crippen LogP contribution is -2.30. The van der Waals surface area contributed by atoms with Gasteiger partial charge in [0.15, 0.2) is 11.3 Å². The Morgan fingerprint density at radius 3 is 2.55 bits per heavy atom. The van der Waals surface area contributed by atoms with E-state index in [0.29, 0.717) is 6.61 Å². The molecule has 0 amide bonds. The number of nitrogens with zero attached hydrogens (tertiary/aromatic N) is 1. The second-order valence-corrected chi connectivity index (χ2v) is 5.74. The molecule has 1 unspecified atom stereocenters. The van der Waals surface area contributed by atoms with E-state index in [2.05, 4.69) is 10.2 Å². The Bertz CT molecular complexity index is 525. The second-order valence-electron chi connectivity index (χ2n) is 4.65. The van der Waals surface area contributed by atoms with Gasteiger partial charge >= 0.3 is 0 Å². The van der Waals surface area contributed by atoms with Gasteiger partial charge in [0.1, 0.15) is 5.75 Å². The van der Waals surface area contributed by atoms with Gasteiger partial charge < -0.3 is 15.0 Å². The number of hydrogen-bond acceptors (Lipinski definition) is 5. The van der Waals surface area contributed by atoms with Crippen molar-refractivity contribution < 1.29 is 9.53 Å². The van der Waals surface area contributed by atoms with E-state index in [9.17, 15) is 4.79 Å². The molecule has 1 atom stereocenters. The summed E-state index contributed by atoms with van der Waals surface area (Å²) in [5.74, 6) is 0.986. The van der Waals surface area contributed by atoms with Crippen LogP contribution in [-0.2, 0) is 4.79 Å². The fourth-order valence-corrected chi connectivity index (χ4v) is 3.25. The number of carbonyl (C=O) groups excluding carboxylic acids is 1. The predicted molar refractivity (Wildman–Crippen MR) is 83.8 cm³/mol. The van der Waals surface area contributed by atoms with Gasteiger partial charge in [-0.25, -0.2) is 0 Å². The zero-order valence-corrected chi connectivity index (χ0v) is 13.1. The highest BCUT2D eigenvalue weighted by molar-refractivity contribution is 8.04. The Morgan fingerprint density at radius 2 is 2.05 bits per heavy atom. The number of ketones is 1. The minimum atomic E-state index is 0.0480. The summed E-state index contributed by atoms with van der Waals surface area (Å²) in [7, 11) is 1.99. The van der Waals surface area contributed by atoms with Crippen molar-refractivity contribution >= 4 is 23.2 Å². The number of nitrogens with one attached hydrogen (secondary N) is 1. The molecule has 108 valence electrons. The van der Waals surface area contributed by atoms with Crippen LogP contribution in [0.5, 0.6) is 5.75 Å². The SMILES string of the molecule is CCOc1ccc(NC2SC(C(C)=O)=C(C)N2C)cc1. The van der Waals surface area contributed by atoms with E-state index in [-0.39, 0.29) is 11.3 Å². The Labute approximate surface area is 124 Å². The van der Waals surface area contributed by atoms with Gasteiger partial charge in [0.2, 0.25) is 0 Å². The van der Waals surface area contributed by atoms with Crippen LogP contribution in [0.3, 0.4) is 0 Å². The zero-order valence-electron chi connectivity index (χ0n) is 12.3. The van der Waals surface area contributed by atoms with Crippen molar-refractivity contribution in [3.05, 3.63) is 34.9 Å². The van der Waals surface area contributed by atoms with E-state index >= 15 is 0 Å². The molecule has 2 rings (SSSR count). The molecule has 0 bridgehead atoms. The summed E-state index contributed by atoms with van der Waals surface area (Å²) >= 11 is 1.56. The third-order valence-corrected chi connectivity index (χ3v) is 4.69. The monoisotopic (exact) mass is 292 g/mol. The molecule has 4 nitrogen and oxygen atoms in total. The molecule has 1 aromatic carbocycles. The Morgan fingerprint density at radius 1 is 1.40 bits per heavy atom. The van der Waals surface area contributed by atoms with Crippen molar-refractivity contribution in [2.75, 3.05) is 19.0 Å². The number of thioether (sulfide) groups is 1. The largest absolute Gasteiger partial charge is 0.494 e. The minimum absolute atomic E-state index is 0.0480. The number of benzene rings is 1. The topological polar surface area (TPSA) is 41.6 Å². The van der Waals surface area contributed by atoms with Crippen LogP contribution in [0.4, 0.5) is 5.69 Å². The lowest BCUT2D eigenvalue weighted by atomic mass is 10.3. The lowest BCUT2D eigenvalue weighted by molar-refractivity contribution is -0.113. The fraction of sp³-hybridized carbons (Fsp3) is 0.400. The molecule has 1 aromatic rings. The normalized spacial score (nSPS) is 18.4. The zero-order chi connectivity index (χ0) is 14.7. The van der Waals surface area contributed by atoms with Gasteiger partial charge in [-0.15, -0.1) is 0 Å². The Balaban J connectivity index is 2.03. The summed E-state index contributed by atoms with van der Waals surface area (Å²) in [4.78, 5) is 14.5. The van der Waals surface area contributed by atoms with E-state index in [4.69, 9.17) is 4.74 Å². The number of carbonyl (C=O) groups is 1. The molecule has 0 saturated carbocycles. The van der Waals surface area contributed by atoms with Crippen molar-refractivity contribution in [2.45, 2.75) is 26.3 Å². The van der Waals surface area contributed by atoms with Crippen LogP contribution < -0.4 is 10.1 Å². The van der Waals surface area contributed by atoms with Gasteiger partial charge in [-0.3, -0.25) is 4.79 Å². The highest BCUT2D eigenvalue weighted by Crippen LogP contribution is 2.37. The van der Waals surface area contributed by atoms with Gasteiger partial charge in [0.05, 0.1) is 11.5 Å². The lowest BCUT2D eigenvalue weighted by Gasteiger charge is -2.24. The number of allylic oxidation sites excluding steroid dienone is 2. The van der Waals surface area contributed by atoms with Crippen molar-refractivity contribution in [3.63, 3.8) is 0 Å². The molecule has 1 aliphatic rings. The van der Waals surface area contributed by atoms with Crippen LogP contribution >= 0.6 is 11.8 Å². The molecular formula is C15H20N2O2S. The number of Topliss-reactive ketones (excluding diaryl/α,β-unsaturated/α-hetero) is 1. The highest BCUT2D eigenvalue weighted by atomic mass is 32.2. The molecule has 0 aliphatic carbocycles. The van der Waals surface area contributed by atoms with Gasteiger partial charge in [-0.1, -0.05) is 11.8 Å². The first-order valence-electron chi connectivity index (χ1n) is 6.63. The minimum Gasteiger partial charge on any atom is -0.494 e. The van der Waals surface area contributed by atoms with Gasteiger partial charge in [0, 0.05) is 18.4 Å². The van der Waals surface area contributed by atoms with E-state index < -0.39 is 0 Å². The van der Waals surface area contributed by atoms with Gasteiger partial charge in [-0.2, -0.15) is 0 Å². The van der Waals surface area contributed by atoms with Crippen LogP contribution in [0.25, 0.3) is 0 Å². The van der Waals surface area contributed by atoms with E-state index in [0.717, 1.165) is 22.0 Å². The molecule has 1 aliphatic heterocycles. The van der Waals surface area contributed by atoms with Gasteiger partial charge in [0.25, 0.3) is 0 Å². The van der Waals surface area contributed by atoms with Crippen molar-refractivity contribution in [1.82, 2.24) is 4.90 Å². The third-order valence-electron chi connectivity index (χ3n) is 3.21. The maximum absolute atomic E-state index is 11.6. The number of ether oxygens (including phenoxy) is 1. The number of anilines is 1. The second kappa shape index (κ2) is 6.22. The summed E-state index contributed by atoms with van der Waals surface area (Å²) in [6.45, 7) is 6.22. The first-order valence-corrected chi connectivity index (χ1v) is 7.51. The first kappa shape index (κ1) is 14.8. The van der Waals surface area contributed by atoms with Crippen LogP contribution in [-0.4, -0.2) is 29.8 Å². The van der Waals surface area contributed by atoms with E-state index in [1.54, 1.807) is 18.7 Å². The molecule has 0 aromatic heterocycles. The molecular weight excluding hydrogens is 272 g/mol. The molecule has 20 heavy (non-hydrogen) atoms. The summed E-state index contributed by atoms with van der Waals surface area (Å²) in [5.41, 5.74) is 2.08.